The van der Waals surface area contributed by atoms with Crippen LogP contribution in [0.15, 0.2) is 36.5 Å². The van der Waals surface area contributed by atoms with E-state index < -0.39 is 0 Å². The topological polar surface area (TPSA) is 0 Å². The van der Waals surface area contributed by atoms with Gasteiger partial charge in [-0.3, -0.25) is 12.2 Å². The van der Waals surface area contributed by atoms with E-state index in [2.05, 4.69) is 24.3 Å². The Bertz CT molecular complexity index is 154. The molecule has 0 fully saturated rings. The molecule has 2 rings (SSSR count). The van der Waals surface area contributed by atoms with Crippen molar-refractivity contribution in [3.8, 4) is 0 Å². The Kier molecular flexibility index (Phi) is 32.9. The second-order valence-electron chi connectivity index (χ2n) is 2.01. The second kappa shape index (κ2) is 19.2. The van der Waals surface area contributed by atoms with Gasteiger partial charge in [0.2, 0.25) is 0 Å². The van der Waals surface area contributed by atoms with Gasteiger partial charge in [-0.2, -0.15) is 12.2 Å². The van der Waals surface area contributed by atoms with Gasteiger partial charge in [-0.25, -0.2) is 24.3 Å². The van der Waals surface area contributed by atoms with E-state index in [9.17, 15) is 0 Å². The summed E-state index contributed by atoms with van der Waals surface area (Å²) in [5, 5.41) is 0. The molecule has 0 nitrogen and oxygen atoms in total. The Labute approximate surface area is 120 Å². The summed E-state index contributed by atoms with van der Waals surface area (Å²) in [6.07, 6.45) is 20.0. The minimum absolute atomic E-state index is 0. The van der Waals surface area contributed by atoms with Crippen LogP contribution in [0.4, 0.5) is 0 Å². The molecule has 0 saturated carbocycles. The van der Waals surface area contributed by atoms with Crippen molar-refractivity contribution in [2.45, 2.75) is 12.8 Å². The zero-order chi connectivity index (χ0) is 7.07. The summed E-state index contributed by atoms with van der Waals surface area (Å²) < 4.78 is 0. The fraction of sp³-hybridized carbons (Fsp3) is 0.200. The standard InChI is InChI=1S/2C5H5.3ClH.Ta/c2*1-2-4-5-3-1;;;;/h2*1-3H,4H2;3*1H;/q2*-1;;;;+5/p-3. The van der Waals surface area contributed by atoms with Crippen LogP contribution in [0, 0.1) is 12.2 Å². The van der Waals surface area contributed by atoms with Gasteiger partial charge in [0.1, 0.15) is 0 Å². The normalized spacial score (nSPS) is 12.6. The van der Waals surface area contributed by atoms with Gasteiger partial charge < -0.3 is 37.2 Å². The van der Waals surface area contributed by atoms with Crippen molar-refractivity contribution < 1.29 is 59.6 Å². The Hall–Kier alpha value is 0.570. The van der Waals surface area contributed by atoms with Crippen molar-refractivity contribution >= 4 is 0 Å². The van der Waals surface area contributed by atoms with E-state index in [4.69, 9.17) is 0 Å². The van der Waals surface area contributed by atoms with Crippen LogP contribution in [0.1, 0.15) is 12.8 Å². The van der Waals surface area contributed by atoms with Gasteiger partial charge in [0.25, 0.3) is 0 Å². The van der Waals surface area contributed by atoms with Gasteiger partial charge in [0.15, 0.2) is 0 Å². The zero-order valence-corrected chi connectivity index (χ0v) is 12.9. The Balaban J connectivity index is -0.0000000556. The maximum absolute atomic E-state index is 2.99. The third-order valence-corrected chi connectivity index (χ3v) is 1.17. The molecular formula is C10H10Cl3Ta. The third-order valence-electron chi connectivity index (χ3n) is 1.17. The average Bonchev–Trinajstić information content (AvgIpc) is 2.67. The van der Waals surface area contributed by atoms with Gasteiger partial charge in [-0.15, -0.1) is 12.8 Å². The van der Waals surface area contributed by atoms with Crippen LogP contribution in [0.5, 0.6) is 0 Å². The number of allylic oxidation sites excluding steroid dienone is 8. The third kappa shape index (κ3) is 15.1. The predicted molar refractivity (Wildman–Crippen MR) is 43.1 cm³/mol. The molecule has 0 radical (unpaired) electrons. The fourth-order valence-corrected chi connectivity index (χ4v) is 0.680. The van der Waals surface area contributed by atoms with Gasteiger partial charge in [-0.05, 0) is 0 Å². The van der Waals surface area contributed by atoms with E-state index >= 15 is 0 Å². The van der Waals surface area contributed by atoms with Crippen molar-refractivity contribution in [2.75, 3.05) is 0 Å². The van der Waals surface area contributed by atoms with Crippen LogP contribution in [-0.4, -0.2) is 0 Å². The maximum atomic E-state index is 2.99. The maximum Gasteiger partial charge on any atom is 5.00 e. The molecule has 0 unspecified atom stereocenters. The van der Waals surface area contributed by atoms with Gasteiger partial charge in [0.05, 0.1) is 0 Å². The van der Waals surface area contributed by atoms with E-state index in [1.165, 1.54) is 0 Å². The van der Waals surface area contributed by atoms with Crippen LogP contribution in [-0.2, 0) is 22.4 Å². The first-order valence-corrected chi connectivity index (χ1v) is 3.43. The summed E-state index contributed by atoms with van der Waals surface area (Å²) >= 11 is 0. The van der Waals surface area contributed by atoms with E-state index in [1.807, 2.05) is 24.3 Å². The van der Waals surface area contributed by atoms with Crippen LogP contribution in [0.2, 0.25) is 0 Å². The predicted octanol–water partition coefficient (Wildman–Crippen LogP) is -6.38. The zero-order valence-electron chi connectivity index (χ0n) is 7.46. The largest absolute Gasteiger partial charge is 5.00 e. The molecule has 0 N–H and O–H groups in total. The van der Waals surface area contributed by atoms with Crippen molar-refractivity contribution in [2.24, 2.45) is 0 Å². The number of halogens is 3. The van der Waals surface area contributed by atoms with Gasteiger partial charge in [-0.1, -0.05) is 0 Å². The molecule has 0 spiro atoms. The van der Waals surface area contributed by atoms with E-state index in [0.29, 0.717) is 0 Å². The fourth-order valence-electron chi connectivity index (χ4n) is 0.680. The number of hydrogen-bond donors (Lipinski definition) is 0. The van der Waals surface area contributed by atoms with E-state index in [-0.39, 0.29) is 59.6 Å². The molecule has 0 atom stereocenters. The molecule has 4 heteroatoms. The number of rotatable bonds is 0. The summed E-state index contributed by atoms with van der Waals surface area (Å²) in [4.78, 5) is 0. The van der Waals surface area contributed by atoms with Gasteiger partial charge in [0, 0.05) is 0 Å². The average molecular weight is 417 g/mol. The van der Waals surface area contributed by atoms with Crippen molar-refractivity contribution in [3.63, 3.8) is 0 Å². The molecule has 0 aliphatic heterocycles. The van der Waals surface area contributed by atoms with Crippen LogP contribution in [0.25, 0.3) is 0 Å². The van der Waals surface area contributed by atoms with Crippen LogP contribution >= 0.6 is 0 Å². The monoisotopic (exact) mass is 416 g/mol. The molecule has 2 aliphatic rings. The van der Waals surface area contributed by atoms with Gasteiger partial charge >= 0.3 is 22.4 Å². The van der Waals surface area contributed by atoms with Crippen molar-refractivity contribution in [1.82, 2.24) is 0 Å². The minimum atomic E-state index is 0. The molecule has 0 aromatic rings. The molecule has 2 aliphatic carbocycles. The summed E-state index contributed by atoms with van der Waals surface area (Å²) in [6, 6.07) is 0. The summed E-state index contributed by atoms with van der Waals surface area (Å²) in [7, 11) is 0. The Morgan fingerprint density at radius 1 is 0.714 bits per heavy atom. The van der Waals surface area contributed by atoms with Crippen molar-refractivity contribution in [1.29, 1.82) is 0 Å². The smallest absolute Gasteiger partial charge is 1.00 e. The second-order valence-corrected chi connectivity index (χ2v) is 2.01. The van der Waals surface area contributed by atoms with Crippen LogP contribution in [0.3, 0.4) is 0 Å². The first kappa shape index (κ1) is 24.0. The molecule has 0 aromatic carbocycles. The number of hydrogen-bond acceptors (Lipinski definition) is 0. The quantitative estimate of drug-likeness (QED) is 0.344. The van der Waals surface area contributed by atoms with E-state index in [1.54, 1.807) is 0 Å². The first-order chi connectivity index (χ1) is 5.00. The van der Waals surface area contributed by atoms with E-state index in [0.717, 1.165) is 12.8 Å². The SMILES string of the molecule is [C-]1=CC=CC1.[C-]1=CC=CC1.[Cl-].[Cl-].[Cl-].[Ta+5]. The van der Waals surface area contributed by atoms with Crippen LogP contribution < -0.4 is 37.2 Å². The Morgan fingerprint density at radius 2 is 1.07 bits per heavy atom. The summed E-state index contributed by atoms with van der Waals surface area (Å²) in [5.74, 6) is 0. The summed E-state index contributed by atoms with van der Waals surface area (Å²) in [5.41, 5.74) is 0. The molecular weight excluding hydrogens is 407 g/mol. The Morgan fingerprint density at radius 3 is 1.14 bits per heavy atom. The molecule has 76 valence electrons. The first-order valence-electron chi connectivity index (χ1n) is 3.43. The molecule has 0 bridgehead atoms. The summed E-state index contributed by atoms with van der Waals surface area (Å²) in [6.45, 7) is 0. The molecule has 0 amide bonds. The van der Waals surface area contributed by atoms with Crippen molar-refractivity contribution in [3.05, 3.63) is 48.6 Å². The molecule has 0 saturated heterocycles. The minimum Gasteiger partial charge on any atom is -1.00 e. The molecule has 0 aromatic heterocycles. The molecule has 0 heterocycles. The molecule has 14 heavy (non-hydrogen) atoms.